The van der Waals surface area contributed by atoms with E-state index < -0.39 is 27.7 Å². The molecule has 1 N–H and O–H groups in total. The van der Waals surface area contributed by atoms with Gasteiger partial charge in [-0.3, -0.25) is 4.79 Å². The topological polar surface area (TPSA) is 66.5 Å². The summed E-state index contributed by atoms with van der Waals surface area (Å²) in [5.74, 6) is -0.651. The van der Waals surface area contributed by atoms with Gasteiger partial charge in [-0.25, -0.2) is 13.1 Å². The molecule has 136 valence electrons. The van der Waals surface area contributed by atoms with E-state index in [0.29, 0.717) is 12.8 Å². The highest BCUT2D eigenvalue weighted by Gasteiger charge is 2.35. The predicted molar refractivity (Wildman–Crippen MR) is 86.2 cm³/mol. The highest BCUT2D eigenvalue weighted by Crippen LogP contribution is 2.36. The SMILES string of the molecule is CCCCS(=O)(=O)NCCN(C(C)=O)c1ccccc1C(F)(F)F. The van der Waals surface area contributed by atoms with Crippen molar-refractivity contribution in [3.63, 3.8) is 0 Å². The molecule has 1 rings (SSSR count). The fourth-order valence-corrected chi connectivity index (χ4v) is 3.33. The summed E-state index contributed by atoms with van der Waals surface area (Å²) < 4.78 is 64.9. The van der Waals surface area contributed by atoms with Gasteiger partial charge in [0.1, 0.15) is 0 Å². The standard InChI is InChI=1S/C15H21F3N2O3S/c1-3-4-11-24(22,23)19-9-10-20(12(2)21)14-8-6-5-7-13(14)15(16,17)18/h5-8,19H,3-4,9-11H2,1-2H3. The summed E-state index contributed by atoms with van der Waals surface area (Å²) in [4.78, 5) is 12.7. The van der Waals surface area contributed by atoms with Gasteiger partial charge in [-0.05, 0) is 18.6 Å². The van der Waals surface area contributed by atoms with Crippen molar-refractivity contribution in [2.24, 2.45) is 0 Å². The lowest BCUT2D eigenvalue weighted by molar-refractivity contribution is -0.137. The van der Waals surface area contributed by atoms with Crippen molar-refractivity contribution in [2.75, 3.05) is 23.7 Å². The molecule has 0 fully saturated rings. The van der Waals surface area contributed by atoms with Gasteiger partial charge in [-0.15, -0.1) is 0 Å². The molecule has 0 aliphatic carbocycles. The molecule has 1 amide bonds. The van der Waals surface area contributed by atoms with E-state index in [0.717, 1.165) is 17.9 Å². The number of hydrogen-bond donors (Lipinski definition) is 1. The maximum atomic E-state index is 13.1. The predicted octanol–water partition coefficient (Wildman–Crippen LogP) is 2.78. The first-order chi connectivity index (χ1) is 11.1. The number of carbonyl (C=O) groups excluding carboxylic acids is 1. The number of unbranched alkanes of at least 4 members (excludes halogenated alkanes) is 1. The monoisotopic (exact) mass is 366 g/mol. The van der Waals surface area contributed by atoms with Crippen LogP contribution < -0.4 is 9.62 Å². The van der Waals surface area contributed by atoms with Gasteiger partial charge in [-0.1, -0.05) is 25.5 Å². The lowest BCUT2D eigenvalue weighted by atomic mass is 10.1. The van der Waals surface area contributed by atoms with Crippen molar-refractivity contribution in [3.8, 4) is 0 Å². The summed E-state index contributed by atoms with van der Waals surface area (Å²) in [5, 5.41) is 0. The number of hydrogen-bond acceptors (Lipinski definition) is 3. The van der Waals surface area contributed by atoms with Gasteiger partial charge in [0, 0.05) is 20.0 Å². The fraction of sp³-hybridized carbons (Fsp3) is 0.533. The molecule has 0 saturated carbocycles. The molecule has 9 heteroatoms. The van der Waals surface area contributed by atoms with Crippen LogP contribution in [0.15, 0.2) is 24.3 Å². The largest absolute Gasteiger partial charge is 0.418 e. The number of rotatable bonds is 8. The van der Waals surface area contributed by atoms with Gasteiger partial charge in [0.2, 0.25) is 15.9 Å². The highest BCUT2D eigenvalue weighted by molar-refractivity contribution is 7.89. The summed E-state index contributed by atoms with van der Waals surface area (Å²) in [6.45, 7) is 2.64. The van der Waals surface area contributed by atoms with Gasteiger partial charge in [0.15, 0.2) is 0 Å². The lowest BCUT2D eigenvalue weighted by Gasteiger charge is -2.25. The molecule has 0 radical (unpaired) electrons. The van der Waals surface area contributed by atoms with E-state index >= 15 is 0 Å². The third kappa shape index (κ3) is 6.12. The number of sulfonamides is 1. The first-order valence-corrected chi connectivity index (χ1v) is 9.15. The normalized spacial score (nSPS) is 12.2. The Hall–Kier alpha value is -1.61. The molecule has 0 aliphatic rings. The van der Waals surface area contributed by atoms with Gasteiger partial charge in [0.05, 0.1) is 17.0 Å². The number of para-hydroxylation sites is 1. The van der Waals surface area contributed by atoms with Crippen LogP contribution in [0.2, 0.25) is 0 Å². The van der Waals surface area contributed by atoms with Gasteiger partial charge < -0.3 is 4.90 Å². The molecule has 0 atom stereocenters. The molecular formula is C15H21F3N2O3S. The maximum Gasteiger partial charge on any atom is 0.418 e. The van der Waals surface area contributed by atoms with Crippen LogP contribution in [-0.2, 0) is 21.0 Å². The second-order valence-electron chi connectivity index (χ2n) is 5.25. The summed E-state index contributed by atoms with van der Waals surface area (Å²) in [6.07, 6.45) is -3.41. The minimum Gasteiger partial charge on any atom is -0.311 e. The molecule has 0 spiro atoms. The number of alkyl halides is 3. The third-order valence-electron chi connectivity index (χ3n) is 3.30. The second-order valence-corrected chi connectivity index (χ2v) is 7.18. The van der Waals surface area contributed by atoms with Crippen LogP contribution in [0.1, 0.15) is 32.3 Å². The average Bonchev–Trinajstić information content (AvgIpc) is 2.48. The zero-order chi connectivity index (χ0) is 18.4. The lowest BCUT2D eigenvalue weighted by Crippen LogP contribution is -2.39. The Kier molecular flexibility index (Phi) is 7.22. The number of carbonyl (C=O) groups is 1. The highest BCUT2D eigenvalue weighted by atomic mass is 32.2. The molecule has 1 aromatic rings. The van der Waals surface area contributed by atoms with E-state index in [1.165, 1.54) is 18.2 Å². The van der Waals surface area contributed by atoms with Crippen LogP contribution in [0.4, 0.5) is 18.9 Å². The van der Waals surface area contributed by atoms with Gasteiger partial charge in [-0.2, -0.15) is 13.2 Å². The van der Waals surface area contributed by atoms with Crippen molar-refractivity contribution in [3.05, 3.63) is 29.8 Å². The Labute approximate surface area is 139 Å². The first kappa shape index (κ1) is 20.4. The Morgan fingerprint density at radius 3 is 2.42 bits per heavy atom. The van der Waals surface area contributed by atoms with E-state index in [4.69, 9.17) is 0 Å². The van der Waals surface area contributed by atoms with Crippen molar-refractivity contribution >= 4 is 21.6 Å². The smallest absolute Gasteiger partial charge is 0.311 e. The number of benzene rings is 1. The zero-order valence-electron chi connectivity index (χ0n) is 13.6. The zero-order valence-corrected chi connectivity index (χ0v) is 14.4. The van der Waals surface area contributed by atoms with E-state index in [-0.39, 0.29) is 24.5 Å². The number of nitrogens with one attached hydrogen (secondary N) is 1. The Morgan fingerprint density at radius 1 is 1.25 bits per heavy atom. The number of nitrogens with zero attached hydrogens (tertiary/aromatic N) is 1. The summed E-state index contributed by atoms with van der Waals surface area (Å²) in [5.41, 5.74) is -1.22. The van der Waals surface area contributed by atoms with E-state index in [2.05, 4.69) is 4.72 Å². The van der Waals surface area contributed by atoms with Crippen LogP contribution in [0.3, 0.4) is 0 Å². The minimum atomic E-state index is -4.61. The maximum absolute atomic E-state index is 13.1. The molecule has 0 aliphatic heterocycles. The Morgan fingerprint density at radius 2 is 1.88 bits per heavy atom. The molecule has 0 heterocycles. The van der Waals surface area contributed by atoms with Gasteiger partial charge in [0.25, 0.3) is 0 Å². The van der Waals surface area contributed by atoms with Crippen molar-refractivity contribution in [1.82, 2.24) is 4.72 Å². The van der Waals surface area contributed by atoms with Crippen LogP contribution in [0, 0.1) is 0 Å². The van der Waals surface area contributed by atoms with E-state index in [1.54, 1.807) is 0 Å². The Bertz CT molecular complexity index is 660. The van der Waals surface area contributed by atoms with Crippen LogP contribution in [-0.4, -0.2) is 33.2 Å². The van der Waals surface area contributed by atoms with Crippen LogP contribution >= 0.6 is 0 Å². The van der Waals surface area contributed by atoms with Crippen LogP contribution in [0.25, 0.3) is 0 Å². The first-order valence-electron chi connectivity index (χ1n) is 7.50. The Balaban J connectivity index is 2.89. The minimum absolute atomic E-state index is 0.0529. The third-order valence-corrected chi connectivity index (χ3v) is 4.77. The van der Waals surface area contributed by atoms with Crippen molar-refractivity contribution < 1.29 is 26.4 Å². The molecule has 1 aromatic carbocycles. The van der Waals surface area contributed by atoms with E-state index in [9.17, 15) is 26.4 Å². The molecule has 0 bridgehead atoms. The summed E-state index contributed by atoms with van der Waals surface area (Å²) >= 11 is 0. The van der Waals surface area contributed by atoms with Crippen molar-refractivity contribution in [1.29, 1.82) is 0 Å². The number of halogens is 3. The van der Waals surface area contributed by atoms with Gasteiger partial charge >= 0.3 is 6.18 Å². The quantitative estimate of drug-likeness (QED) is 0.769. The van der Waals surface area contributed by atoms with Crippen LogP contribution in [0.5, 0.6) is 0 Å². The molecule has 5 nitrogen and oxygen atoms in total. The molecule has 0 unspecified atom stereocenters. The molecule has 0 saturated heterocycles. The number of anilines is 1. The average molecular weight is 366 g/mol. The summed E-state index contributed by atoms with van der Waals surface area (Å²) in [6, 6.07) is 4.70. The van der Waals surface area contributed by atoms with Crippen molar-refractivity contribution in [2.45, 2.75) is 32.9 Å². The fourth-order valence-electron chi connectivity index (χ4n) is 2.12. The molecular weight excluding hydrogens is 345 g/mol. The number of amides is 1. The summed E-state index contributed by atoms with van der Waals surface area (Å²) in [7, 11) is -3.50. The second kappa shape index (κ2) is 8.48. The molecule has 24 heavy (non-hydrogen) atoms. The molecule has 0 aromatic heterocycles. The van der Waals surface area contributed by atoms with E-state index in [1.807, 2.05) is 6.92 Å².